The van der Waals surface area contributed by atoms with Gasteiger partial charge in [-0.25, -0.2) is 9.50 Å². The highest BCUT2D eigenvalue weighted by molar-refractivity contribution is 5.95. The Morgan fingerprint density at radius 3 is 3.00 bits per heavy atom. The maximum atomic E-state index is 12.3. The summed E-state index contributed by atoms with van der Waals surface area (Å²) < 4.78 is 1.59. The summed E-state index contributed by atoms with van der Waals surface area (Å²) in [6.07, 6.45) is 5.03. The van der Waals surface area contributed by atoms with E-state index < -0.39 is 0 Å². The van der Waals surface area contributed by atoms with Gasteiger partial charge >= 0.3 is 0 Å². The topological polar surface area (TPSA) is 92.4 Å². The van der Waals surface area contributed by atoms with E-state index in [0.717, 1.165) is 12.1 Å². The van der Waals surface area contributed by atoms with Crippen LogP contribution in [0.15, 0.2) is 12.5 Å². The fourth-order valence-corrected chi connectivity index (χ4v) is 2.13. The van der Waals surface area contributed by atoms with E-state index in [-0.39, 0.29) is 18.6 Å². The lowest BCUT2D eigenvalue weighted by Crippen LogP contribution is -2.33. The third-order valence-corrected chi connectivity index (χ3v) is 3.16. The monoisotopic (exact) mass is 277 g/mol. The highest BCUT2D eigenvalue weighted by Crippen LogP contribution is 2.10. The van der Waals surface area contributed by atoms with Crippen LogP contribution in [0, 0.1) is 0 Å². The van der Waals surface area contributed by atoms with Crippen LogP contribution in [0.3, 0.4) is 0 Å². The summed E-state index contributed by atoms with van der Waals surface area (Å²) in [6, 6.07) is 0.00537. The van der Waals surface area contributed by atoms with Gasteiger partial charge in [-0.3, -0.25) is 4.79 Å². The molecule has 108 valence electrons. The summed E-state index contributed by atoms with van der Waals surface area (Å²) in [5, 5.41) is 15.8. The number of amides is 1. The maximum Gasteiger partial charge on any atom is 0.254 e. The molecule has 20 heavy (non-hydrogen) atoms. The van der Waals surface area contributed by atoms with Gasteiger partial charge in [-0.2, -0.15) is 10.1 Å². The first-order chi connectivity index (χ1) is 9.67. The zero-order valence-electron chi connectivity index (χ0n) is 11.7. The lowest BCUT2D eigenvalue weighted by molar-refractivity contribution is 0.0934. The summed E-state index contributed by atoms with van der Waals surface area (Å²) in [4.78, 5) is 20.4. The summed E-state index contributed by atoms with van der Waals surface area (Å²) in [5.41, 5.74) is 1.31. The summed E-state index contributed by atoms with van der Waals surface area (Å²) in [7, 11) is 0. The van der Waals surface area contributed by atoms with Crippen LogP contribution in [-0.4, -0.2) is 43.2 Å². The number of aliphatic hydroxyl groups is 1. The van der Waals surface area contributed by atoms with Crippen LogP contribution in [0.4, 0.5) is 0 Å². The molecule has 0 saturated carbocycles. The lowest BCUT2D eigenvalue weighted by Gasteiger charge is -2.14. The van der Waals surface area contributed by atoms with Crippen molar-refractivity contribution in [3.63, 3.8) is 0 Å². The lowest BCUT2D eigenvalue weighted by atomic mass is 10.1. The molecule has 1 amide bonds. The van der Waals surface area contributed by atoms with Crippen molar-refractivity contribution in [2.75, 3.05) is 6.61 Å². The van der Waals surface area contributed by atoms with Crippen molar-refractivity contribution in [2.24, 2.45) is 0 Å². The predicted molar refractivity (Wildman–Crippen MR) is 73.4 cm³/mol. The SMILES string of the molecule is CCc1c(C(=O)NC(C)CCCO)cnc2ncnn12. The van der Waals surface area contributed by atoms with Gasteiger partial charge in [0.25, 0.3) is 11.7 Å². The number of carbonyl (C=O) groups is 1. The van der Waals surface area contributed by atoms with Crippen molar-refractivity contribution in [2.45, 2.75) is 39.2 Å². The van der Waals surface area contributed by atoms with Crippen LogP contribution in [-0.2, 0) is 6.42 Å². The second-order valence-electron chi connectivity index (χ2n) is 4.68. The average molecular weight is 277 g/mol. The number of carbonyl (C=O) groups excluding carboxylic acids is 1. The number of rotatable bonds is 6. The quantitative estimate of drug-likeness (QED) is 0.805. The van der Waals surface area contributed by atoms with E-state index in [9.17, 15) is 4.79 Å². The minimum atomic E-state index is -0.169. The Kier molecular flexibility index (Phi) is 4.62. The van der Waals surface area contributed by atoms with Crippen LogP contribution in [0.2, 0.25) is 0 Å². The number of hydrogen-bond donors (Lipinski definition) is 2. The van der Waals surface area contributed by atoms with E-state index in [0.29, 0.717) is 24.2 Å². The van der Waals surface area contributed by atoms with E-state index in [1.165, 1.54) is 12.5 Å². The smallest absolute Gasteiger partial charge is 0.254 e. The molecule has 0 spiro atoms. The van der Waals surface area contributed by atoms with Crippen LogP contribution < -0.4 is 5.32 Å². The van der Waals surface area contributed by atoms with Crippen molar-refractivity contribution in [3.8, 4) is 0 Å². The van der Waals surface area contributed by atoms with Gasteiger partial charge in [0.05, 0.1) is 11.3 Å². The molecule has 0 aromatic carbocycles. The number of aryl methyl sites for hydroxylation is 1. The maximum absolute atomic E-state index is 12.3. The number of aliphatic hydroxyl groups excluding tert-OH is 1. The Balaban J connectivity index is 2.21. The molecule has 2 rings (SSSR count). The Hall–Kier alpha value is -2.02. The second kappa shape index (κ2) is 6.42. The molecule has 0 fully saturated rings. The minimum Gasteiger partial charge on any atom is -0.396 e. The van der Waals surface area contributed by atoms with Gasteiger partial charge in [0, 0.05) is 18.8 Å². The summed E-state index contributed by atoms with van der Waals surface area (Å²) >= 11 is 0. The molecule has 0 bridgehead atoms. The van der Waals surface area contributed by atoms with Crippen molar-refractivity contribution < 1.29 is 9.90 Å². The molecular weight excluding hydrogens is 258 g/mol. The molecule has 7 nitrogen and oxygen atoms in total. The molecule has 1 unspecified atom stereocenters. The molecule has 7 heteroatoms. The van der Waals surface area contributed by atoms with E-state index in [2.05, 4.69) is 20.4 Å². The van der Waals surface area contributed by atoms with Crippen molar-refractivity contribution in [3.05, 3.63) is 23.8 Å². The first-order valence-corrected chi connectivity index (χ1v) is 6.76. The van der Waals surface area contributed by atoms with E-state index >= 15 is 0 Å². The number of aromatic nitrogens is 4. The molecule has 0 aliphatic heterocycles. The van der Waals surface area contributed by atoms with Crippen LogP contribution in [0.5, 0.6) is 0 Å². The number of nitrogens with one attached hydrogen (secondary N) is 1. The number of nitrogens with zero attached hydrogens (tertiary/aromatic N) is 4. The molecular formula is C13H19N5O2. The van der Waals surface area contributed by atoms with Gasteiger partial charge in [-0.15, -0.1) is 0 Å². The van der Waals surface area contributed by atoms with Crippen LogP contribution in [0.25, 0.3) is 5.78 Å². The zero-order chi connectivity index (χ0) is 14.5. The Labute approximate surface area is 117 Å². The van der Waals surface area contributed by atoms with Gasteiger partial charge in [0.1, 0.15) is 6.33 Å². The van der Waals surface area contributed by atoms with Crippen LogP contribution >= 0.6 is 0 Å². The Morgan fingerprint density at radius 2 is 2.30 bits per heavy atom. The fraction of sp³-hybridized carbons (Fsp3) is 0.538. The molecule has 2 aromatic rings. The van der Waals surface area contributed by atoms with Gasteiger partial charge in [-0.05, 0) is 26.2 Å². The molecule has 2 N–H and O–H groups in total. The molecule has 0 aliphatic carbocycles. The largest absolute Gasteiger partial charge is 0.396 e. The molecule has 0 saturated heterocycles. The van der Waals surface area contributed by atoms with Gasteiger partial charge in [0.2, 0.25) is 0 Å². The normalized spacial score (nSPS) is 12.6. The van der Waals surface area contributed by atoms with E-state index in [1.807, 2.05) is 13.8 Å². The van der Waals surface area contributed by atoms with Crippen molar-refractivity contribution in [1.29, 1.82) is 0 Å². The number of fused-ring (bicyclic) bond motifs is 1. The fourth-order valence-electron chi connectivity index (χ4n) is 2.13. The van der Waals surface area contributed by atoms with Gasteiger partial charge in [0.15, 0.2) is 0 Å². The predicted octanol–water partition coefficient (Wildman–Crippen LogP) is 0.577. The molecule has 0 aliphatic rings. The molecule has 2 aromatic heterocycles. The first-order valence-electron chi connectivity index (χ1n) is 6.76. The standard InChI is InChI=1S/C13H19N5O2/c1-3-11-10(7-14-13-15-8-16-18(11)13)12(20)17-9(2)5-4-6-19/h7-9,19H,3-6H2,1-2H3,(H,17,20). The minimum absolute atomic E-state index is 0.00537. The number of hydrogen-bond acceptors (Lipinski definition) is 5. The molecule has 1 atom stereocenters. The molecule has 2 heterocycles. The van der Waals surface area contributed by atoms with Gasteiger partial charge < -0.3 is 10.4 Å². The van der Waals surface area contributed by atoms with E-state index in [1.54, 1.807) is 4.52 Å². The van der Waals surface area contributed by atoms with E-state index in [4.69, 9.17) is 5.11 Å². The van der Waals surface area contributed by atoms with Crippen LogP contribution in [0.1, 0.15) is 42.7 Å². The van der Waals surface area contributed by atoms with Crippen molar-refractivity contribution in [1.82, 2.24) is 24.9 Å². The third kappa shape index (κ3) is 2.93. The van der Waals surface area contributed by atoms with Gasteiger partial charge in [-0.1, -0.05) is 6.92 Å². The highest BCUT2D eigenvalue weighted by Gasteiger charge is 2.17. The second-order valence-corrected chi connectivity index (χ2v) is 4.68. The summed E-state index contributed by atoms with van der Waals surface area (Å²) in [6.45, 7) is 4.01. The highest BCUT2D eigenvalue weighted by atomic mass is 16.3. The average Bonchev–Trinajstić information content (AvgIpc) is 2.92. The van der Waals surface area contributed by atoms with Crippen molar-refractivity contribution >= 4 is 11.7 Å². The zero-order valence-corrected chi connectivity index (χ0v) is 11.7. The first kappa shape index (κ1) is 14.4. The third-order valence-electron chi connectivity index (χ3n) is 3.16. The Morgan fingerprint density at radius 1 is 1.50 bits per heavy atom. The molecule has 0 radical (unpaired) electrons. The Bertz CT molecular complexity index is 595. The summed E-state index contributed by atoms with van der Waals surface area (Å²) in [5.74, 6) is 0.323.